The molecule has 0 aliphatic heterocycles. The van der Waals surface area contributed by atoms with Crippen molar-refractivity contribution in [1.29, 1.82) is 0 Å². The number of carboxylic acids is 1. The van der Waals surface area contributed by atoms with E-state index in [1.807, 2.05) is 13.8 Å². The molecule has 0 aromatic carbocycles. The molecule has 0 spiro atoms. The van der Waals surface area contributed by atoms with Crippen LogP contribution in [0.15, 0.2) is 23.3 Å². The number of carbonyl (C=O) groups is 2. The standard InChI is InChI=1S/C15H23ClN2O4/c1-3-10(4-2)22-12-8-9(15(20)21)7-11(17)14(12)18-13(19)5-6-16/h5-6,8,10-12,14H,3-4,7,17H2,1-2H3,(H,18,19)(H,20,21)/b6-5+/t11-,12+,14+/m0/s1. The number of nitrogens with one attached hydrogen (secondary N) is 1. The number of halogens is 1. The lowest BCUT2D eigenvalue weighted by Crippen LogP contribution is -2.57. The number of ether oxygens (including phenoxy) is 1. The van der Waals surface area contributed by atoms with Crippen LogP contribution in [-0.2, 0) is 14.3 Å². The minimum Gasteiger partial charge on any atom is -0.478 e. The van der Waals surface area contributed by atoms with Crippen LogP contribution in [0.4, 0.5) is 0 Å². The highest BCUT2D eigenvalue weighted by Gasteiger charge is 2.35. The summed E-state index contributed by atoms with van der Waals surface area (Å²) in [5.41, 5.74) is 7.36. The van der Waals surface area contributed by atoms with Crippen molar-refractivity contribution in [1.82, 2.24) is 5.32 Å². The smallest absolute Gasteiger partial charge is 0.331 e. The van der Waals surface area contributed by atoms with E-state index in [0.29, 0.717) is 0 Å². The molecule has 1 amide bonds. The molecule has 1 aliphatic rings. The van der Waals surface area contributed by atoms with Crippen molar-refractivity contribution in [2.45, 2.75) is 57.4 Å². The summed E-state index contributed by atoms with van der Waals surface area (Å²) in [4.78, 5) is 22.9. The molecule has 0 aromatic rings. The first-order chi connectivity index (χ1) is 10.4. The minimum atomic E-state index is -1.01. The minimum absolute atomic E-state index is 0.0235. The third-order valence-electron chi connectivity index (χ3n) is 3.69. The van der Waals surface area contributed by atoms with Gasteiger partial charge in [0.1, 0.15) is 0 Å². The summed E-state index contributed by atoms with van der Waals surface area (Å²) in [6.45, 7) is 3.98. The lowest BCUT2D eigenvalue weighted by Gasteiger charge is -2.36. The van der Waals surface area contributed by atoms with Gasteiger partial charge in [0.05, 0.1) is 18.2 Å². The molecule has 4 N–H and O–H groups in total. The van der Waals surface area contributed by atoms with Gasteiger partial charge in [-0.05, 0) is 25.3 Å². The molecule has 7 heteroatoms. The molecule has 22 heavy (non-hydrogen) atoms. The molecule has 0 unspecified atom stereocenters. The van der Waals surface area contributed by atoms with Gasteiger partial charge in [0.2, 0.25) is 5.91 Å². The summed E-state index contributed by atoms with van der Waals surface area (Å²) in [6.07, 6.45) is 3.88. The van der Waals surface area contributed by atoms with E-state index >= 15 is 0 Å². The Morgan fingerprint density at radius 2 is 2.18 bits per heavy atom. The highest BCUT2D eigenvalue weighted by atomic mass is 35.5. The molecule has 3 atom stereocenters. The maximum absolute atomic E-state index is 11.7. The Morgan fingerprint density at radius 3 is 2.68 bits per heavy atom. The van der Waals surface area contributed by atoms with Crippen LogP contribution in [0, 0.1) is 0 Å². The first kappa shape index (κ1) is 18.7. The fraction of sp³-hybridized carbons (Fsp3) is 0.600. The summed E-state index contributed by atoms with van der Waals surface area (Å²) in [5.74, 6) is -1.40. The quantitative estimate of drug-likeness (QED) is 0.615. The average molecular weight is 331 g/mol. The topological polar surface area (TPSA) is 102 Å². The van der Waals surface area contributed by atoms with E-state index in [0.717, 1.165) is 18.4 Å². The van der Waals surface area contributed by atoms with Gasteiger partial charge >= 0.3 is 5.97 Å². The number of amides is 1. The van der Waals surface area contributed by atoms with Crippen LogP contribution in [0.3, 0.4) is 0 Å². The normalized spacial score (nSPS) is 25.3. The van der Waals surface area contributed by atoms with Crippen LogP contribution in [0.1, 0.15) is 33.1 Å². The molecule has 1 rings (SSSR count). The first-order valence-corrected chi connectivity index (χ1v) is 7.78. The van der Waals surface area contributed by atoms with Gasteiger partial charge < -0.3 is 20.9 Å². The van der Waals surface area contributed by atoms with Gasteiger partial charge in [-0.2, -0.15) is 0 Å². The largest absolute Gasteiger partial charge is 0.478 e. The maximum atomic E-state index is 11.7. The van der Waals surface area contributed by atoms with E-state index in [-0.39, 0.29) is 24.0 Å². The summed E-state index contributed by atoms with van der Waals surface area (Å²) in [7, 11) is 0. The van der Waals surface area contributed by atoms with Gasteiger partial charge in [0, 0.05) is 23.2 Å². The predicted octanol–water partition coefficient (Wildman–Crippen LogP) is 1.54. The van der Waals surface area contributed by atoms with Crippen LogP contribution in [0.25, 0.3) is 0 Å². The van der Waals surface area contributed by atoms with E-state index in [1.165, 1.54) is 6.08 Å². The van der Waals surface area contributed by atoms with E-state index in [9.17, 15) is 14.7 Å². The average Bonchev–Trinajstić information content (AvgIpc) is 2.47. The lowest BCUT2D eigenvalue weighted by molar-refractivity contribution is -0.133. The Kier molecular flexibility index (Phi) is 7.58. The SMILES string of the molecule is CCC(CC)O[C@@H]1C=C(C(=O)O)C[C@H](N)[C@H]1NC(=O)/C=C/Cl. The van der Waals surface area contributed by atoms with Crippen molar-refractivity contribution in [3.8, 4) is 0 Å². The van der Waals surface area contributed by atoms with Crippen molar-refractivity contribution < 1.29 is 19.4 Å². The van der Waals surface area contributed by atoms with Crippen LogP contribution in [-0.4, -0.2) is 41.3 Å². The molecule has 124 valence electrons. The number of rotatable bonds is 7. The maximum Gasteiger partial charge on any atom is 0.331 e. The number of hydrogen-bond donors (Lipinski definition) is 3. The summed E-state index contributed by atoms with van der Waals surface area (Å²) in [6, 6.07) is -1.03. The van der Waals surface area contributed by atoms with Gasteiger partial charge in [-0.25, -0.2) is 4.79 Å². The van der Waals surface area contributed by atoms with E-state index in [1.54, 1.807) is 6.08 Å². The summed E-state index contributed by atoms with van der Waals surface area (Å²) >= 11 is 5.39. The zero-order valence-electron chi connectivity index (χ0n) is 12.8. The van der Waals surface area contributed by atoms with Crippen LogP contribution < -0.4 is 11.1 Å². The zero-order valence-corrected chi connectivity index (χ0v) is 13.5. The summed E-state index contributed by atoms with van der Waals surface area (Å²) < 4.78 is 5.94. The predicted molar refractivity (Wildman–Crippen MR) is 84.5 cm³/mol. The Hall–Kier alpha value is -1.37. The van der Waals surface area contributed by atoms with Crippen molar-refractivity contribution in [2.24, 2.45) is 5.73 Å². The third kappa shape index (κ3) is 5.12. The molecule has 6 nitrogen and oxygen atoms in total. The summed E-state index contributed by atoms with van der Waals surface area (Å²) in [5, 5.41) is 11.9. The van der Waals surface area contributed by atoms with E-state index in [4.69, 9.17) is 22.1 Å². The first-order valence-electron chi connectivity index (χ1n) is 7.35. The molecule has 0 aromatic heterocycles. The Bertz CT molecular complexity index is 460. The molecule has 1 aliphatic carbocycles. The van der Waals surface area contributed by atoms with Crippen LogP contribution in [0.5, 0.6) is 0 Å². The lowest BCUT2D eigenvalue weighted by atomic mass is 9.88. The van der Waals surface area contributed by atoms with Gasteiger partial charge in [-0.1, -0.05) is 25.4 Å². The molecule has 0 saturated carbocycles. The van der Waals surface area contributed by atoms with Crippen molar-refractivity contribution in [3.05, 3.63) is 23.3 Å². The molecule has 0 saturated heterocycles. The highest BCUT2D eigenvalue weighted by Crippen LogP contribution is 2.23. The second kappa shape index (κ2) is 8.92. The van der Waals surface area contributed by atoms with E-state index in [2.05, 4.69) is 5.32 Å². The molecule has 0 radical (unpaired) electrons. The van der Waals surface area contributed by atoms with Gasteiger partial charge in [-0.15, -0.1) is 0 Å². The zero-order chi connectivity index (χ0) is 16.7. The molecule has 0 heterocycles. The number of aliphatic carboxylic acids is 1. The van der Waals surface area contributed by atoms with Gasteiger partial charge in [0.25, 0.3) is 0 Å². The number of hydrogen-bond acceptors (Lipinski definition) is 4. The van der Waals surface area contributed by atoms with Gasteiger partial charge in [0.15, 0.2) is 0 Å². The fourth-order valence-corrected chi connectivity index (χ4v) is 2.55. The van der Waals surface area contributed by atoms with Gasteiger partial charge in [-0.3, -0.25) is 4.79 Å². The van der Waals surface area contributed by atoms with Crippen molar-refractivity contribution in [3.63, 3.8) is 0 Å². The fourth-order valence-electron chi connectivity index (χ4n) is 2.44. The third-order valence-corrected chi connectivity index (χ3v) is 3.82. The number of nitrogens with two attached hydrogens (primary N) is 1. The Morgan fingerprint density at radius 1 is 1.55 bits per heavy atom. The number of carbonyl (C=O) groups excluding carboxylic acids is 1. The van der Waals surface area contributed by atoms with Crippen LogP contribution >= 0.6 is 11.6 Å². The molecule has 0 bridgehead atoms. The Labute approximate surface area is 135 Å². The molecule has 0 fully saturated rings. The highest BCUT2D eigenvalue weighted by molar-refractivity contribution is 6.26. The molecular formula is C15H23ClN2O4. The second-order valence-corrected chi connectivity index (χ2v) is 5.48. The van der Waals surface area contributed by atoms with E-state index < -0.39 is 24.2 Å². The monoisotopic (exact) mass is 330 g/mol. The molecular weight excluding hydrogens is 308 g/mol. The second-order valence-electron chi connectivity index (χ2n) is 5.23. The van der Waals surface area contributed by atoms with Crippen molar-refractivity contribution >= 4 is 23.5 Å². The Balaban J connectivity index is 2.98. The number of carboxylic acid groups (broad SMARTS) is 1. The van der Waals surface area contributed by atoms with Crippen LogP contribution in [0.2, 0.25) is 0 Å². The van der Waals surface area contributed by atoms with Crippen molar-refractivity contribution in [2.75, 3.05) is 0 Å².